The van der Waals surface area contributed by atoms with Crippen LogP contribution in [0, 0.1) is 5.92 Å². The topological polar surface area (TPSA) is 62.2 Å². The van der Waals surface area contributed by atoms with Crippen LogP contribution in [0.4, 0.5) is 0 Å². The predicted octanol–water partition coefficient (Wildman–Crippen LogP) is 3.02. The van der Waals surface area contributed by atoms with Crippen LogP contribution in [0.15, 0.2) is 16.7 Å². The van der Waals surface area contributed by atoms with Crippen LogP contribution >= 0.6 is 27.5 Å². The Morgan fingerprint density at radius 3 is 2.84 bits per heavy atom. The number of aromatic nitrogens is 1. The van der Waals surface area contributed by atoms with Crippen molar-refractivity contribution in [2.45, 2.75) is 32.8 Å². The van der Waals surface area contributed by atoms with Crippen molar-refractivity contribution in [3.63, 3.8) is 0 Å². The molecule has 0 bridgehead atoms. The third-order valence-electron chi connectivity index (χ3n) is 2.53. The van der Waals surface area contributed by atoms with E-state index < -0.39 is 5.60 Å². The monoisotopic (exact) mass is 348 g/mol. The molecular formula is C13H18BrClN2O2. The van der Waals surface area contributed by atoms with Gasteiger partial charge in [0, 0.05) is 17.2 Å². The SMILES string of the molecule is CC(C)CC(C)(O)CNC(=O)c1cc(Br)cnc1Cl. The largest absolute Gasteiger partial charge is 0.388 e. The van der Waals surface area contributed by atoms with Crippen LogP contribution in [0.1, 0.15) is 37.6 Å². The zero-order valence-corrected chi connectivity index (χ0v) is 13.5. The third kappa shape index (κ3) is 5.47. The summed E-state index contributed by atoms with van der Waals surface area (Å²) in [5, 5.41) is 13.0. The van der Waals surface area contributed by atoms with Crippen LogP contribution in [0.25, 0.3) is 0 Å². The highest BCUT2D eigenvalue weighted by Gasteiger charge is 2.23. The van der Waals surface area contributed by atoms with Gasteiger partial charge in [-0.2, -0.15) is 0 Å². The van der Waals surface area contributed by atoms with Crippen molar-refractivity contribution in [2.75, 3.05) is 6.54 Å². The molecular weight excluding hydrogens is 332 g/mol. The third-order valence-corrected chi connectivity index (χ3v) is 3.26. The Bertz CT molecular complexity index is 464. The van der Waals surface area contributed by atoms with Crippen LogP contribution in [0.3, 0.4) is 0 Å². The molecule has 1 aromatic heterocycles. The first-order valence-electron chi connectivity index (χ1n) is 6.03. The molecule has 106 valence electrons. The molecule has 0 aliphatic heterocycles. The molecule has 6 heteroatoms. The number of hydrogen-bond donors (Lipinski definition) is 2. The second-order valence-electron chi connectivity index (χ2n) is 5.27. The van der Waals surface area contributed by atoms with E-state index >= 15 is 0 Å². The van der Waals surface area contributed by atoms with Gasteiger partial charge in [-0.3, -0.25) is 4.79 Å². The molecule has 19 heavy (non-hydrogen) atoms. The molecule has 0 aliphatic carbocycles. The first-order chi connectivity index (χ1) is 8.71. The number of rotatable bonds is 5. The number of pyridine rings is 1. The minimum Gasteiger partial charge on any atom is -0.388 e. The van der Waals surface area contributed by atoms with Crippen LogP contribution < -0.4 is 5.32 Å². The molecule has 1 heterocycles. The fourth-order valence-electron chi connectivity index (χ4n) is 1.90. The van der Waals surface area contributed by atoms with E-state index in [1.54, 1.807) is 13.0 Å². The lowest BCUT2D eigenvalue weighted by atomic mass is 9.94. The standard InChI is InChI=1S/C13H18BrClN2O2/c1-8(2)5-13(3,19)7-17-12(18)10-4-9(14)6-16-11(10)15/h4,6,8,19H,5,7H2,1-3H3,(H,17,18). The van der Waals surface area contributed by atoms with Crippen molar-refractivity contribution in [3.05, 3.63) is 27.5 Å². The summed E-state index contributed by atoms with van der Waals surface area (Å²) in [5.74, 6) is 0.00542. The Morgan fingerprint density at radius 2 is 2.26 bits per heavy atom. The first-order valence-corrected chi connectivity index (χ1v) is 7.20. The molecule has 0 spiro atoms. The van der Waals surface area contributed by atoms with E-state index in [0.29, 0.717) is 16.8 Å². The van der Waals surface area contributed by atoms with Gasteiger partial charge >= 0.3 is 0 Å². The summed E-state index contributed by atoms with van der Waals surface area (Å²) in [6, 6.07) is 1.60. The molecule has 0 radical (unpaired) electrons. The number of nitrogens with zero attached hydrogens (tertiary/aromatic N) is 1. The lowest BCUT2D eigenvalue weighted by molar-refractivity contribution is 0.0368. The van der Waals surface area contributed by atoms with Gasteiger partial charge < -0.3 is 10.4 Å². The van der Waals surface area contributed by atoms with E-state index in [4.69, 9.17) is 11.6 Å². The van der Waals surface area contributed by atoms with Gasteiger partial charge in [0.1, 0.15) is 5.15 Å². The van der Waals surface area contributed by atoms with E-state index in [-0.39, 0.29) is 23.2 Å². The van der Waals surface area contributed by atoms with Crippen LogP contribution in [-0.4, -0.2) is 28.1 Å². The Labute approximate surface area is 126 Å². The van der Waals surface area contributed by atoms with E-state index in [9.17, 15) is 9.90 Å². The molecule has 1 aromatic rings. The molecule has 1 unspecified atom stereocenters. The molecule has 4 nitrogen and oxygen atoms in total. The summed E-state index contributed by atoms with van der Waals surface area (Å²) in [7, 11) is 0. The minimum atomic E-state index is -0.935. The minimum absolute atomic E-state index is 0.143. The number of hydrogen-bond acceptors (Lipinski definition) is 3. The number of aliphatic hydroxyl groups is 1. The smallest absolute Gasteiger partial charge is 0.254 e. The van der Waals surface area contributed by atoms with E-state index in [1.165, 1.54) is 6.20 Å². The number of carbonyl (C=O) groups excluding carboxylic acids is 1. The predicted molar refractivity (Wildman–Crippen MR) is 79.4 cm³/mol. The van der Waals surface area contributed by atoms with Crippen molar-refractivity contribution in [1.29, 1.82) is 0 Å². The normalized spacial score (nSPS) is 14.3. The maximum Gasteiger partial charge on any atom is 0.254 e. The van der Waals surface area contributed by atoms with Gasteiger partial charge in [-0.1, -0.05) is 25.4 Å². The van der Waals surface area contributed by atoms with Gasteiger partial charge in [0.05, 0.1) is 11.2 Å². The number of amides is 1. The molecule has 0 aliphatic rings. The van der Waals surface area contributed by atoms with Crippen LogP contribution in [-0.2, 0) is 0 Å². The Morgan fingerprint density at radius 1 is 1.63 bits per heavy atom. The summed E-state index contributed by atoms with van der Waals surface area (Å²) in [6.07, 6.45) is 2.13. The van der Waals surface area contributed by atoms with Crippen LogP contribution in [0.2, 0.25) is 5.15 Å². The lowest BCUT2D eigenvalue weighted by Gasteiger charge is -2.25. The second kappa shape index (κ2) is 6.68. The average molecular weight is 350 g/mol. The molecule has 2 N–H and O–H groups in total. The summed E-state index contributed by atoms with van der Waals surface area (Å²) >= 11 is 9.11. The summed E-state index contributed by atoms with van der Waals surface area (Å²) in [6.45, 7) is 5.91. The van der Waals surface area contributed by atoms with Gasteiger partial charge in [-0.15, -0.1) is 0 Å². The Kier molecular flexibility index (Phi) is 5.77. The van der Waals surface area contributed by atoms with Crippen LogP contribution in [0.5, 0.6) is 0 Å². The molecule has 0 fully saturated rings. The van der Waals surface area contributed by atoms with Gasteiger partial charge in [0.15, 0.2) is 0 Å². The van der Waals surface area contributed by atoms with Gasteiger partial charge in [-0.25, -0.2) is 4.98 Å². The number of nitrogens with one attached hydrogen (secondary N) is 1. The van der Waals surface area contributed by atoms with Crippen molar-refractivity contribution in [1.82, 2.24) is 10.3 Å². The van der Waals surface area contributed by atoms with Gasteiger partial charge in [-0.05, 0) is 41.3 Å². The van der Waals surface area contributed by atoms with Crippen molar-refractivity contribution >= 4 is 33.4 Å². The average Bonchev–Trinajstić information content (AvgIpc) is 2.27. The quantitative estimate of drug-likeness (QED) is 0.803. The molecule has 1 rings (SSSR count). The van der Waals surface area contributed by atoms with E-state index in [2.05, 4.69) is 26.2 Å². The Balaban J connectivity index is 2.68. The van der Waals surface area contributed by atoms with Gasteiger partial charge in [0.25, 0.3) is 5.91 Å². The second-order valence-corrected chi connectivity index (χ2v) is 6.54. The molecule has 1 atom stereocenters. The zero-order chi connectivity index (χ0) is 14.6. The lowest BCUT2D eigenvalue weighted by Crippen LogP contribution is -2.41. The Hall–Kier alpha value is -0.650. The highest BCUT2D eigenvalue weighted by molar-refractivity contribution is 9.10. The molecule has 0 aromatic carbocycles. The molecule has 0 saturated heterocycles. The zero-order valence-electron chi connectivity index (χ0n) is 11.2. The van der Waals surface area contributed by atoms with Crippen molar-refractivity contribution in [2.24, 2.45) is 5.92 Å². The number of carbonyl (C=O) groups is 1. The maximum atomic E-state index is 12.0. The fourth-order valence-corrected chi connectivity index (χ4v) is 2.42. The highest BCUT2D eigenvalue weighted by atomic mass is 79.9. The molecule has 1 amide bonds. The summed E-state index contributed by atoms with van der Waals surface area (Å²) in [5.41, 5.74) is -0.646. The highest BCUT2D eigenvalue weighted by Crippen LogP contribution is 2.19. The van der Waals surface area contributed by atoms with Gasteiger partial charge in [0.2, 0.25) is 0 Å². The summed E-state index contributed by atoms with van der Waals surface area (Å²) < 4.78 is 0.677. The number of halogens is 2. The van der Waals surface area contributed by atoms with E-state index in [0.717, 1.165) is 0 Å². The van der Waals surface area contributed by atoms with Crippen molar-refractivity contribution in [3.8, 4) is 0 Å². The van der Waals surface area contributed by atoms with Crippen molar-refractivity contribution < 1.29 is 9.90 Å². The fraction of sp³-hybridized carbons (Fsp3) is 0.538. The maximum absolute atomic E-state index is 12.0. The summed E-state index contributed by atoms with van der Waals surface area (Å²) in [4.78, 5) is 15.9. The molecule has 0 saturated carbocycles. The van der Waals surface area contributed by atoms with E-state index in [1.807, 2.05) is 13.8 Å². The first kappa shape index (κ1) is 16.4.